The molecule has 0 saturated carbocycles. The Balaban J connectivity index is 2.13. The SMILES string of the molecule is CC(C)c1cc(C(=O)N(C)Cc2ncc[nH]2)nn1C. The molecular formula is C13H19N5O. The van der Waals surface area contributed by atoms with Gasteiger partial charge in [0.25, 0.3) is 5.91 Å². The van der Waals surface area contributed by atoms with E-state index >= 15 is 0 Å². The third-order valence-electron chi connectivity index (χ3n) is 3.02. The van der Waals surface area contributed by atoms with Gasteiger partial charge < -0.3 is 9.88 Å². The van der Waals surface area contributed by atoms with E-state index in [0.717, 1.165) is 11.5 Å². The third-order valence-corrected chi connectivity index (χ3v) is 3.02. The molecule has 0 aliphatic rings. The maximum absolute atomic E-state index is 12.3. The smallest absolute Gasteiger partial charge is 0.274 e. The van der Waals surface area contributed by atoms with Crippen LogP contribution in [-0.4, -0.2) is 37.6 Å². The summed E-state index contributed by atoms with van der Waals surface area (Å²) in [5.74, 6) is 1.00. The number of aromatic nitrogens is 4. The lowest BCUT2D eigenvalue weighted by molar-refractivity contribution is 0.0775. The van der Waals surface area contributed by atoms with Crippen molar-refractivity contribution in [3.8, 4) is 0 Å². The molecule has 6 heteroatoms. The Bertz CT molecular complexity index is 556. The molecule has 19 heavy (non-hydrogen) atoms. The molecule has 0 bridgehead atoms. The van der Waals surface area contributed by atoms with Crippen molar-refractivity contribution in [3.05, 3.63) is 35.7 Å². The first-order valence-corrected chi connectivity index (χ1v) is 6.26. The van der Waals surface area contributed by atoms with Crippen molar-refractivity contribution >= 4 is 5.91 Å². The molecular weight excluding hydrogens is 242 g/mol. The maximum atomic E-state index is 12.3. The first-order chi connectivity index (χ1) is 8.99. The summed E-state index contributed by atoms with van der Waals surface area (Å²) >= 11 is 0. The Morgan fingerprint density at radius 3 is 2.79 bits per heavy atom. The summed E-state index contributed by atoms with van der Waals surface area (Å²) < 4.78 is 1.76. The van der Waals surface area contributed by atoms with Crippen molar-refractivity contribution in [2.24, 2.45) is 7.05 Å². The Hall–Kier alpha value is -2.11. The average Bonchev–Trinajstić information content (AvgIpc) is 2.97. The second-order valence-corrected chi connectivity index (χ2v) is 4.93. The van der Waals surface area contributed by atoms with Gasteiger partial charge in [-0.25, -0.2) is 4.98 Å². The molecule has 2 aromatic heterocycles. The second kappa shape index (κ2) is 5.26. The van der Waals surface area contributed by atoms with Crippen molar-refractivity contribution in [1.29, 1.82) is 0 Å². The average molecular weight is 261 g/mol. The van der Waals surface area contributed by atoms with Gasteiger partial charge in [-0.05, 0) is 12.0 Å². The quantitative estimate of drug-likeness (QED) is 0.907. The van der Waals surface area contributed by atoms with Crippen LogP contribution in [0.2, 0.25) is 0 Å². The van der Waals surface area contributed by atoms with E-state index in [9.17, 15) is 4.79 Å². The molecule has 0 atom stereocenters. The molecule has 0 aromatic carbocycles. The Labute approximate surface area is 112 Å². The number of carbonyl (C=O) groups is 1. The minimum absolute atomic E-state index is 0.0982. The van der Waals surface area contributed by atoms with Crippen LogP contribution in [-0.2, 0) is 13.6 Å². The van der Waals surface area contributed by atoms with Crippen molar-refractivity contribution in [2.45, 2.75) is 26.3 Å². The molecule has 0 aliphatic heterocycles. The number of aryl methyl sites for hydroxylation is 1. The molecule has 102 valence electrons. The number of carbonyl (C=O) groups excluding carboxylic acids is 1. The molecule has 2 rings (SSSR count). The van der Waals surface area contributed by atoms with Gasteiger partial charge in [0.2, 0.25) is 0 Å². The molecule has 0 radical (unpaired) electrons. The number of rotatable bonds is 4. The largest absolute Gasteiger partial charge is 0.347 e. The van der Waals surface area contributed by atoms with Crippen LogP contribution in [0.4, 0.5) is 0 Å². The predicted molar refractivity (Wildman–Crippen MR) is 71.7 cm³/mol. The maximum Gasteiger partial charge on any atom is 0.274 e. The van der Waals surface area contributed by atoms with Crippen LogP contribution in [0.1, 0.15) is 41.8 Å². The van der Waals surface area contributed by atoms with E-state index in [-0.39, 0.29) is 5.91 Å². The summed E-state index contributed by atoms with van der Waals surface area (Å²) in [6.45, 7) is 4.61. The van der Waals surface area contributed by atoms with E-state index < -0.39 is 0 Å². The fourth-order valence-electron chi connectivity index (χ4n) is 2.00. The van der Waals surface area contributed by atoms with Gasteiger partial charge >= 0.3 is 0 Å². The van der Waals surface area contributed by atoms with Crippen molar-refractivity contribution in [2.75, 3.05) is 7.05 Å². The predicted octanol–water partition coefficient (Wildman–Crippen LogP) is 1.54. The lowest BCUT2D eigenvalue weighted by atomic mass is 10.1. The number of aromatic amines is 1. The highest BCUT2D eigenvalue weighted by atomic mass is 16.2. The van der Waals surface area contributed by atoms with Crippen molar-refractivity contribution in [1.82, 2.24) is 24.6 Å². The van der Waals surface area contributed by atoms with Crippen LogP contribution in [0, 0.1) is 0 Å². The van der Waals surface area contributed by atoms with E-state index in [1.54, 1.807) is 29.0 Å². The van der Waals surface area contributed by atoms with E-state index in [4.69, 9.17) is 0 Å². The second-order valence-electron chi connectivity index (χ2n) is 4.93. The highest BCUT2D eigenvalue weighted by molar-refractivity contribution is 5.92. The number of nitrogens with one attached hydrogen (secondary N) is 1. The van der Waals surface area contributed by atoms with Gasteiger partial charge in [-0.3, -0.25) is 9.48 Å². The number of imidazole rings is 1. The van der Waals surface area contributed by atoms with Crippen LogP contribution in [0.5, 0.6) is 0 Å². The number of hydrogen-bond donors (Lipinski definition) is 1. The van der Waals surface area contributed by atoms with E-state index in [1.807, 2.05) is 13.1 Å². The zero-order valence-electron chi connectivity index (χ0n) is 11.7. The number of amides is 1. The first-order valence-electron chi connectivity index (χ1n) is 6.26. The third kappa shape index (κ3) is 2.83. The Morgan fingerprint density at radius 1 is 1.53 bits per heavy atom. The topological polar surface area (TPSA) is 66.8 Å². The lowest BCUT2D eigenvalue weighted by Crippen LogP contribution is -2.27. The summed E-state index contributed by atoms with van der Waals surface area (Å²) in [4.78, 5) is 21.0. The van der Waals surface area contributed by atoms with Gasteiger partial charge in [0.05, 0.1) is 6.54 Å². The van der Waals surface area contributed by atoms with E-state index in [0.29, 0.717) is 18.2 Å². The van der Waals surface area contributed by atoms with Crippen molar-refractivity contribution in [3.63, 3.8) is 0 Å². The molecule has 1 N–H and O–H groups in total. The van der Waals surface area contributed by atoms with Crippen LogP contribution >= 0.6 is 0 Å². The summed E-state index contributed by atoms with van der Waals surface area (Å²) in [5.41, 5.74) is 1.52. The van der Waals surface area contributed by atoms with Crippen LogP contribution in [0.25, 0.3) is 0 Å². The van der Waals surface area contributed by atoms with Crippen LogP contribution in [0.15, 0.2) is 18.5 Å². The molecule has 0 saturated heterocycles. The zero-order valence-corrected chi connectivity index (χ0v) is 11.7. The number of H-pyrrole nitrogens is 1. The van der Waals surface area contributed by atoms with Gasteiger partial charge in [-0.1, -0.05) is 13.8 Å². The zero-order chi connectivity index (χ0) is 14.0. The van der Waals surface area contributed by atoms with Gasteiger partial charge in [0, 0.05) is 32.2 Å². The fraction of sp³-hybridized carbons (Fsp3) is 0.462. The standard InChI is InChI=1S/C13H19N5O/c1-9(2)11-7-10(16-18(11)4)13(19)17(3)8-12-14-5-6-15-12/h5-7,9H,8H2,1-4H3,(H,14,15). The summed E-state index contributed by atoms with van der Waals surface area (Å²) in [7, 11) is 3.60. The highest BCUT2D eigenvalue weighted by Gasteiger charge is 2.18. The minimum atomic E-state index is -0.0982. The summed E-state index contributed by atoms with van der Waals surface area (Å²) in [6, 6.07) is 1.85. The van der Waals surface area contributed by atoms with Gasteiger partial charge in [-0.15, -0.1) is 0 Å². The minimum Gasteiger partial charge on any atom is -0.347 e. The molecule has 6 nitrogen and oxygen atoms in total. The van der Waals surface area contributed by atoms with Crippen LogP contribution in [0.3, 0.4) is 0 Å². The number of nitrogens with zero attached hydrogens (tertiary/aromatic N) is 4. The van der Waals surface area contributed by atoms with E-state index in [2.05, 4.69) is 28.9 Å². The lowest BCUT2D eigenvalue weighted by Gasteiger charge is -2.13. The monoisotopic (exact) mass is 261 g/mol. The normalized spacial score (nSPS) is 11.0. The van der Waals surface area contributed by atoms with Crippen molar-refractivity contribution < 1.29 is 4.79 Å². The fourth-order valence-corrected chi connectivity index (χ4v) is 2.00. The first kappa shape index (κ1) is 13.3. The molecule has 1 amide bonds. The highest BCUT2D eigenvalue weighted by Crippen LogP contribution is 2.15. The van der Waals surface area contributed by atoms with Gasteiger partial charge in [0.15, 0.2) is 5.69 Å². The van der Waals surface area contributed by atoms with Crippen LogP contribution < -0.4 is 0 Å². The Kier molecular flexibility index (Phi) is 3.69. The molecule has 2 aromatic rings. The summed E-state index contributed by atoms with van der Waals surface area (Å²) in [6.07, 6.45) is 3.41. The molecule has 0 fully saturated rings. The molecule has 2 heterocycles. The number of hydrogen-bond acceptors (Lipinski definition) is 3. The molecule has 0 unspecified atom stereocenters. The summed E-state index contributed by atoms with van der Waals surface area (Å²) in [5, 5.41) is 4.28. The Morgan fingerprint density at radius 2 is 2.26 bits per heavy atom. The molecule has 0 spiro atoms. The van der Waals surface area contributed by atoms with Gasteiger partial charge in [0.1, 0.15) is 5.82 Å². The molecule has 0 aliphatic carbocycles. The van der Waals surface area contributed by atoms with E-state index in [1.165, 1.54) is 0 Å². The van der Waals surface area contributed by atoms with Gasteiger partial charge in [-0.2, -0.15) is 5.10 Å².